The summed E-state index contributed by atoms with van der Waals surface area (Å²) in [7, 11) is 0. The first-order valence-corrected chi connectivity index (χ1v) is 6.19. The van der Waals surface area contributed by atoms with E-state index in [2.05, 4.69) is 0 Å². The van der Waals surface area contributed by atoms with Crippen LogP contribution < -0.4 is 0 Å². The summed E-state index contributed by atoms with van der Waals surface area (Å²) in [5, 5.41) is 8.85. The molecule has 1 N–H and O–H groups in total. The van der Waals surface area contributed by atoms with Crippen LogP contribution in [-0.2, 0) is 9.53 Å². The van der Waals surface area contributed by atoms with Gasteiger partial charge in [-0.05, 0) is 26.7 Å². The lowest BCUT2D eigenvalue weighted by molar-refractivity contribution is -0.116. The van der Waals surface area contributed by atoms with Crippen LogP contribution >= 0.6 is 0 Å². The van der Waals surface area contributed by atoms with Gasteiger partial charge in [0.2, 0.25) is 0 Å². The molecule has 102 valence electrons. The van der Waals surface area contributed by atoms with Gasteiger partial charge in [-0.2, -0.15) is 0 Å². The maximum Gasteiger partial charge on any atom is 0.407 e. The Morgan fingerprint density at radius 3 is 2.44 bits per heavy atom. The Balaban J connectivity index is 2.28. The molecule has 0 saturated carbocycles. The number of carboxylic acid groups (broad SMARTS) is 1. The number of allylic oxidation sites excluding steroid dienone is 1. The molecule has 0 atom stereocenters. The second-order valence-electron chi connectivity index (χ2n) is 4.91. The van der Waals surface area contributed by atoms with Crippen molar-refractivity contribution in [2.45, 2.75) is 38.7 Å². The van der Waals surface area contributed by atoms with Crippen LogP contribution in [0.4, 0.5) is 4.79 Å². The van der Waals surface area contributed by atoms with Crippen molar-refractivity contribution < 1.29 is 19.4 Å². The van der Waals surface area contributed by atoms with Gasteiger partial charge in [0.05, 0.1) is 12.2 Å². The molecule has 0 unspecified atom stereocenters. The van der Waals surface area contributed by atoms with Crippen LogP contribution in [0.25, 0.3) is 0 Å². The monoisotopic (exact) mass is 255 g/mol. The minimum Gasteiger partial charge on any atom is -0.465 e. The average molecular weight is 255 g/mol. The van der Waals surface area contributed by atoms with Crippen molar-refractivity contribution in [3.8, 4) is 0 Å². The van der Waals surface area contributed by atoms with Crippen LogP contribution in [0, 0.1) is 0 Å². The lowest BCUT2D eigenvalue weighted by atomic mass is 9.93. The fourth-order valence-corrected chi connectivity index (χ4v) is 1.88. The molecular weight excluding hydrogens is 234 g/mol. The van der Waals surface area contributed by atoms with E-state index in [0.717, 1.165) is 0 Å². The van der Waals surface area contributed by atoms with E-state index in [9.17, 15) is 9.59 Å². The van der Waals surface area contributed by atoms with Crippen molar-refractivity contribution in [2.75, 3.05) is 19.7 Å². The SMILES string of the molecule is CC(=O)C/C=C/COC1(C)CCN(C(=O)O)CC1. The van der Waals surface area contributed by atoms with Crippen LogP contribution in [0.1, 0.15) is 33.1 Å². The Morgan fingerprint density at radius 2 is 1.94 bits per heavy atom. The molecule has 0 aromatic rings. The molecule has 5 heteroatoms. The molecule has 0 aromatic heterocycles. The standard InChI is InChI=1S/C13H21NO4/c1-11(15)5-3-4-10-18-13(2)6-8-14(9-7-13)12(16)17/h3-4H,5-10H2,1-2H3,(H,16,17)/b4-3+. The van der Waals surface area contributed by atoms with Crippen molar-refractivity contribution in [1.29, 1.82) is 0 Å². The third-order valence-corrected chi connectivity index (χ3v) is 3.19. The van der Waals surface area contributed by atoms with Crippen LogP contribution in [0.3, 0.4) is 0 Å². The summed E-state index contributed by atoms with van der Waals surface area (Å²) in [6, 6.07) is 0. The number of amides is 1. The first-order chi connectivity index (χ1) is 8.43. The predicted octanol–water partition coefficient (Wildman–Crippen LogP) is 2.07. The maximum atomic E-state index is 10.8. The molecule has 1 rings (SSSR count). The third-order valence-electron chi connectivity index (χ3n) is 3.19. The normalized spacial score (nSPS) is 19.1. The predicted molar refractivity (Wildman–Crippen MR) is 67.6 cm³/mol. The zero-order valence-corrected chi connectivity index (χ0v) is 11.0. The van der Waals surface area contributed by atoms with Crippen LogP contribution in [0.5, 0.6) is 0 Å². The lowest BCUT2D eigenvalue weighted by Crippen LogP contribution is -2.46. The van der Waals surface area contributed by atoms with E-state index < -0.39 is 6.09 Å². The summed E-state index contributed by atoms with van der Waals surface area (Å²) in [5.41, 5.74) is -0.257. The van der Waals surface area contributed by atoms with Crippen LogP contribution in [-0.4, -0.2) is 47.2 Å². The number of ketones is 1. The molecule has 0 bridgehead atoms. The first kappa shape index (κ1) is 14.7. The number of ether oxygens (including phenoxy) is 1. The highest BCUT2D eigenvalue weighted by Gasteiger charge is 2.32. The topological polar surface area (TPSA) is 66.8 Å². The van der Waals surface area contributed by atoms with Gasteiger partial charge in [0.15, 0.2) is 0 Å². The van der Waals surface area contributed by atoms with E-state index in [4.69, 9.17) is 9.84 Å². The summed E-state index contributed by atoms with van der Waals surface area (Å²) >= 11 is 0. The highest BCUT2D eigenvalue weighted by molar-refractivity contribution is 5.76. The Kier molecular flexibility index (Phi) is 5.34. The molecule has 0 aliphatic carbocycles. The molecule has 0 radical (unpaired) electrons. The number of Topliss-reactive ketones (excluding diaryl/α,β-unsaturated/α-hetero) is 1. The number of hydrogen-bond donors (Lipinski definition) is 1. The van der Waals surface area contributed by atoms with Gasteiger partial charge in [0, 0.05) is 19.5 Å². The smallest absolute Gasteiger partial charge is 0.407 e. The fraction of sp³-hybridized carbons (Fsp3) is 0.692. The van der Waals surface area contributed by atoms with Gasteiger partial charge in [-0.15, -0.1) is 0 Å². The van der Waals surface area contributed by atoms with Crippen LogP contribution in [0.15, 0.2) is 12.2 Å². The zero-order chi connectivity index (χ0) is 13.6. The van der Waals surface area contributed by atoms with Gasteiger partial charge < -0.3 is 14.7 Å². The molecule has 5 nitrogen and oxygen atoms in total. The summed E-state index contributed by atoms with van der Waals surface area (Å²) in [5.74, 6) is 0.132. The van der Waals surface area contributed by atoms with Gasteiger partial charge in [0.1, 0.15) is 5.78 Å². The van der Waals surface area contributed by atoms with Gasteiger partial charge in [-0.25, -0.2) is 4.79 Å². The lowest BCUT2D eigenvalue weighted by Gasteiger charge is -2.37. The van der Waals surface area contributed by atoms with E-state index in [1.807, 2.05) is 13.0 Å². The molecule has 1 aliphatic heterocycles. The Bertz CT molecular complexity index is 330. The number of carbonyl (C=O) groups is 2. The number of piperidine rings is 1. The number of rotatable bonds is 5. The van der Waals surface area contributed by atoms with E-state index in [-0.39, 0.29) is 11.4 Å². The van der Waals surface area contributed by atoms with Crippen molar-refractivity contribution >= 4 is 11.9 Å². The summed E-state index contributed by atoms with van der Waals surface area (Å²) < 4.78 is 5.76. The number of hydrogen-bond acceptors (Lipinski definition) is 3. The van der Waals surface area contributed by atoms with Gasteiger partial charge in [-0.3, -0.25) is 4.79 Å². The minimum atomic E-state index is -0.863. The third kappa shape index (κ3) is 4.87. The van der Waals surface area contributed by atoms with Crippen molar-refractivity contribution in [2.24, 2.45) is 0 Å². The van der Waals surface area contributed by atoms with Gasteiger partial charge in [0.25, 0.3) is 0 Å². The van der Waals surface area contributed by atoms with E-state index in [1.165, 1.54) is 4.90 Å². The minimum absolute atomic E-state index is 0.132. The number of likely N-dealkylation sites (tertiary alicyclic amines) is 1. The Labute approximate surface area is 107 Å². The quantitative estimate of drug-likeness (QED) is 0.764. The van der Waals surface area contributed by atoms with E-state index >= 15 is 0 Å². The largest absolute Gasteiger partial charge is 0.465 e. The summed E-state index contributed by atoms with van der Waals surface area (Å²) in [4.78, 5) is 22.9. The van der Waals surface area contributed by atoms with Crippen molar-refractivity contribution in [1.82, 2.24) is 4.90 Å². The molecule has 1 aliphatic rings. The van der Waals surface area contributed by atoms with Crippen LogP contribution in [0.2, 0.25) is 0 Å². The number of carbonyl (C=O) groups excluding carboxylic acids is 1. The van der Waals surface area contributed by atoms with Gasteiger partial charge in [-0.1, -0.05) is 12.2 Å². The van der Waals surface area contributed by atoms with E-state index in [1.54, 1.807) is 13.0 Å². The molecule has 0 aromatic carbocycles. The molecule has 1 amide bonds. The van der Waals surface area contributed by atoms with Crippen molar-refractivity contribution in [3.05, 3.63) is 12.2 Å². The molecule has 0 spiro atoms. The second kappa shape index (κ2) is 6.54. The Hall–Kier alpha value is -1.36. The first-order valence-electron chi connectivity index (χ1n) is 6.19. The molecule has 1 heterocycles. The molecule has 1 fully saturated rings. The maximum absolute atomic E-state index is 10.8. The zero-order valence-electron chi connectivity index (χ0n) is 11.0. The molecular formula is C13H21NO4. The number of nitrogens with zero attached hydrogens (tertiary/aromatic N) is 1. The fourth-order valence-electron chi connectivity index (χ4n) is 1.88. The van der Waals surface area contributed by atoms with E-state index in [0.29, 0.717) is 39.0 Å². The summed E-state index contributed by atoms with van der Waals surface area (Å²) in [6.45, 7) is 5.06. The highest BCUT2D eigenvalue weighted by atomic mass is 16.5. The average Bonchev–Trinajstić information content (AvgIpc) is 2.28. The second-order valence-corrected chi connectivity index (χ2v) is 4.91. The molecule has 1 saturated heterocycles. The summed E-state index contributed by atoms with van der Waals surface area (Å²) in [6.07, 6.45) is 4.64. The van der Waals surface area contributed by atoms with Gasteiger partial charge >= 0.3 is 6.09 Å². The molecule has 18 heavy (non-hydrogen) atoms. The highest BCUT2D eigenvalue weighted by Crippen LogP contribution is 2.25. The Morgan fingerprint density at radius 1 is 1.33 bits per heavy atom. The van der Waals surface area contributed by atoms with Crippen molar-refractivity contribution in [3.63, 3.8) is 0 Å².